The van der Waals surface area contributed by atoms with Crippen LogP contribution in [0.4, 0.5) is 22.0 Å². The molecule has 110 valence electrons. The van der Waals surface area contributed by atoms with Crippen molar-refractivity contribution in [2.75, 3.05) is 0 Å². The summed E-state index contributed by atoms with van der Waals surface area (Å²) in [5.74, 6) is -2.74. The molecule has 0 aliphatic carbocycles. The van der Waals surface area contributed by atoms with E-state index in [0.29, 0.717) is 12.1 Å². The van der Waals surface area contributed by atoms with Gasteiger partial charge in [0.25, 0.3) is 0 Å². The minimum atomic E-state index is -4.82. The lowest BCUT2D eigenvalue weighted by Crippen LogP contribution is -2.10. The molecule has 7 heteroatoms. The van der Waals surface area contributed by atoms with Crippen LogP contribution in [-0.2, 0) is 6.18 Å². The molecule has 0 radical (unpaired) electrons. The Labute approximate surface area is 129 Å². The molecule has 0 saturated heterocycles. The van der Waals surface area contributed by atoms with Gasteiger partial charge in [0, 0.05) is 14.7 Å². The summed E-state index contributed by atoms with van der Waals surface area (Å²) in [5, 5.41) is 0. The summed E-state index contributed by atoms with van der Waals surface area (Å²) in [5.41, 5.74) is -1.57. The van der Waals surface area contributed by atoms with Gasteiger partial charge < -0.3 is 0 Å². The molecule has 0 spiro atoms. The van der Waals surface area contributed by atoms with Crippen LogP contribution in [0.5, 0.6) is 0 Å². The standard InChI is InChI=1S/C14H6F5IO/c15-8-2-3-9(12(20)6-8)13(21)7-1-4-10(11(16)5-7)14(17,18)19/h1-6H. The van der Waals surface area contributed by atoms with Gasteiger partial charge in [-0.15, -0.1) is 0 Å². The van der Waals surface area contributed by atoms with Crippen molar-refractivity contribution in [1.82, 2.24) is 0 Å². The Morgan fingerprint density at radius 1 is 1.00 bits per heavy atom. The normalized spacial score (nSPS) is 11.5. The van der Waals surface area contributed by atoms with Crippen molar-refractivity contribution < 1.29 is 26.7 Å². The molecule has 1 nitrogen and oxygen atoms in total. The molecule has 0 fully saturated rings. The summed E-state index contributed by atoms with van der Waals surface area (Å²) >= 11 is 1.72. The number of carbonyl (C=O) groups excluding carboxylic acids is 1. The zero-order valence-electron chi connectivity index (χ0n) is 10.1. The molecule has 0 N–H and O–H groups in total. The van der Waals surface area contributed by atoms with E-state index in [1.165, 1.54) is 6.07 Å². The highest BCUT2D eigenvalue weighted by atomic mass is 127. The number of benzene rings is 2. The largest absolute Gasteiger partial charge is 0.419 e. The summed E-state index contributed by atoms with van der Waals surface area (Å²) in [6.45, 7) is 0. The molecule has 2 aromatic rings. The predicted octanol–water partition coefficient (Wildman–Crippen LogP) is 4.82. The number of alkyl halides is 3. The quantitative estimate of drug-likeness (QED) is 0.393. The zero-order valence-corrected chi connectivity index (χ0v) is 12.3. The Morgan fingerprint density at radius 2 is 1.67 bits per heavy atom. The van der Waals surface area contributed by atoms with E-state index in [0.717, 1.165) is 18.2 Å². The Bertz CT molecular complexity index is 709. The summed E-state index contributed by atoms with van der Waals surface area (Å²) in [7, 11) is 0. The molecule has 0 bridgehead atoms. The lowest BCUT2D eigenvalue weighted by atomic mass is 10.0. The molecule has 0 aromatic heterocycles. The lowest BCUT2D eigenvalue weighted by molar-refractivity contribution is -0.140. The van der Waals surface area contributed by atoms with Gasteiger partial charge in [0.05, 0.1) is 5.56 Å². The predicted molar refractivity (Wildman–Crippen MR) is 74.0 cm³/mol. The van der Waals surface area contributed by atoms with E-state index in [1.807, 2.05) is 0 Å². The zero-order chi connectivity index (χ0) is 15.8. The van der Waals surface area contributed by atoms with Gasteiger partial charge in [0.2, 0.25) is 0 Å². The summed E-state index contributed by atoms with van der Waals surface area (Å²) in [6.07, 6.45) is -4.82. The lowest BCUT2D eigenvalue weighted by Gasteiger charge is -2.09. The van der Waals surface area contributed by atoms with E-state index in [1.54, 1.807) is 22.6 Å². The van der Waals surface area contributed by atoms with Crippen LogP contribution >= 0.6 is 22.6 Å². The van der Waals surface area contributed by atoms with E-state index in [2.05, 4.69) is 0 Å². The maximum absolute atomic E-state index is 13.5. The third kappa shape index (κ3) is 3.39. The fourth-order valence-corrected chi connectivity index (χ4v) is 2.44. The van der Waals surface area contributed by atoms with Gasteiger partial charge in [-0.3, -0.25) is 4.79 Å². The highest BCUT2D eigenvalue weighted by molar-refractivity contribution is 14.1. The minimum Gasteiger partial charge on any atom is -0.289 e. The van der Waals surface area contributed by atoms with Gasteiger partial charge in [0.1, 0.15) is 11.6 Å². The van der Waals surface area contributed by atoms with Crippen LogP contribution in [0.1, 0.15) is 21.5 Å². The van der Waals surface area contributed by atoms with Crippen molar-refractivity contribution in [3.63, 3.8) is 0 Å². The number of hydrogen-bond acceptors (Lipinski definition) is 1. The number of rotatable bonds is 2. The van der Waals surface area contributed by atoms with Gasteiger partial charge in [-0.25, -0.2) is 8.78 Å². The van der Waals surface area contributed by atoms with Crippen LogP contribution in [0.2, 0.25) is 0 Å². The maximum atomic E-state index is 13.5. The SMILES string of the molecule is O=C(c1ccc(C(F)(F)F)c(F)c1)c1ccc(F)cc1I. The fourth-order valence-electron chi connectivity index (χ4n) is 1.72. The summed E-state index contributed by atoms with van der Waals surface area (Å²) in [6, 6.07) is 5.30. The second kappa shape index (κ2) is 5.70. The molecule has 0 heterocycles. The van der Waals surface area contributed by atoms with Gasteiger partial charge in [-0.2, -0.15) is 13.2 Å². The van der Waals surface area contributed by atoms with Crippen molar-refractivity contribution in [3.8, 4) is 0 Å². The summed E-state index contributed by atoms with van der Waals surface area (Å²) < 4.78 is 64.0. The first-order chi connectivity index (χ1) is 9.70. The third-order valence-electron chi connectivity index (χ3n) is 2.71. The molecule has 0 unspecified atom stereocenters. The topological polar surface area (TPSA) is 17.1 Å². The Morgan fingerprint density at radius 3 is 2.19 bits per heavy atom. The molecule has 21 heavy (non-hydrogen) atoms. The third-order valence-corrected chi connectivity index (χ3v) is 3.60. The van der Waals surface area contributed by atoms with E-state index in [9.17, 15) is 26.7 Å². The van der Waals surface area contributed by atoms with Crippen LogP contribution in [0.15, 0.2) is 36.4 Å². The van der Waals surface area contributed by atoms with Gasteiger partial charge in [0.15, 0.2) is 5.78 Å². The first kappa shape index (κ1) is 15.9. The van der Waals surface area contributed by atoms with Crippen LogP contribution in [0.3, 0.4) is 0 Å². The van der Waals surface area contributed by atoms with Crippen molar-refractivity contribution in [2.45, 2.75) is 6.18 Å². The first-order valence-electron chi connectivity index (χ1n) is 5.56. The first-order valence-corrected chi connectivity index (χ1v) is 6.64. The second-order valence-electron chi connectivity index (χ2n) is 4.15. The van der Waals surface area contributed by atoms with E-state index < -0.39 is 29.2 Å². The van der Waals surface area contributed by atoms with Crippen molar-refractivity contribution in [1.29, 1.82) is 0 Å². The molecule has 0 aliphatic rings. The molecule has 2 rings (SSSR count). The van der Waals surface area contributed by atoms with Gasteiger partial charge >= 0.3 is 6.18 Å². The molecule has 0 atom stereocenters. The van der Waals surface area contributed by atoms with Gasteiger partial charge in [-0.1, -0.05) is 6.07 Å². The molecular formula is C14H6F5IO. The average molecular weight is 412 g/mol. The highest BCUT2D eigenvalue weighted by Crippen LogP contribution is 2.32. The second-order valence-corrected chi connectivity index (χ2v) is 5.31. The van der Waals surface area contributed by atoms with Crippen molar-refractivity contribution >= 4 is 28.4 Å². The Kier molecular flexibility index (Phi) is 4.31. The number of carbonyl (C=O) groups is 1. The van der Waals surface area contributed by atoms with Crippen LogP contribution in [0, 0.1) is 15.2 Å². The highest BCUT2D eigenvalue weighted by Gasteiger charge is 2.34. The average Bonchev–Trinajstić information content (AvgIpc) is 2.36. The van der Waals surface area contributed by atoms with E-state index >= 15 is 0 Å². The van der Waals surface area contributed by atoms with Crippen molar-refractivity contribution in [2.24, 2.45) is 0 Å². The molecule has 0 aliphatic heterocycles. The van der Waals surface area contributed by atoms with E-state index in [-0.39, 0.29) is 14.7 Å². The minimum absolute atomic E-state index is 0.0937. The van der Waals surface area contributed by atoms with Gasteiger partial charge in [-0.05, 0) is 52.9 Å². The number of halogens is 6. The molecule has 0 saturated carbocycles. The van der Waals surface area contributed by atoms with Crippen LogP contribution in [0.25, 0.3) is 0 Å². The summed E-state index contributed by atoms with van der Waals surface area (Å²) in [4.78, 5) is 12.1. The monoisotopic (exact) mass is 412 g/mol. The smallest absolute Gasteiger partial charge is 0.289 e. The number of hydrogen-bond donors (Lipinski definition) is 0. The van der Waals surface area contributed by atoms with Crippen molar-refractivity contribution in [3.05, 3.63) is 68.3 Å². The van der Waals surface area contributed by atoms with Crippen LogP contribution in [-0.4, -0.2) is 5.78 Å². The Balaban J connectivity index is 2.43. The molecular weight excluding hydrogens is 406 g/mol. The van der Waals surface area contributed by atoms with Crippen LogP contribution < -0.4 is 0 Å². The molecule has 2 aromatic carbocycles. The molecule has 0 amide bonds. The maximum Gasteiger partial charge on any atom is 0.419 e. The van der Waals surface area contributed by atoms with E-state index in [4.69, 9.17) is 0 Å². The Hall–Kier alpha value is -1.51. The fraction of sp³-hybridized carbons (Fsp3) is 0.0714. The number of ketones is 1.